The van der Waals surface area contributed by atoms with E-state index < -0.39 is 0 Å². The quantitative estimate of drug-likeness (QED) is 0.842. The van der Waals surface area contributed by atoms with E-state index in [0.717, 1.165) is 24.3 Å². The minimum atomic E-state index is 0.267. The molecule has 0 aliphatic carbocycles. The molecule has 0 saturated carbocycles. The summed E-state index contributed by atoms with van der Waals surface area (Å²) in [5.74, 6) is 0.832. The first-order valence-corrected chi connectivity index (χ1v) is 5.38. The summed E-state index contributed by atoms with van der Waals surface area (Å²) in [5.41, 5.74) is 6.42. The van der Waals surface area contributed by atoms with Crippen LogP contribution in [0.3, 0.4) is 0 Å². The Labute approximate surface area is 86.6 Å². The standard InChI is InChI=1S/C10H12N2OS/c1-7-9(12-10(11)13-7)5-4-8-3-2-6-14-8/h2-3,6H,4-5H2,1H3,(H2,11,12). The molecule has 0 aliphatic rings. The lowest BCUT2D eigenvalue weighted by molar-refractivity contribution is 0.544. The summed E-state index contributed by atoms with van der Waals surface area (Å²) in [6.45, 7) is 1.90. The van der Waals surface area contributed by atoms with Gasteiger partial charge in [0.2, 0.25) is 0 Å². The van der Waals surface area contributed by atoms with Crippen molar-refractivity contribution >= 4 is 17.4 Å². The molecule has 0 radical (unpaired) electrons. The molecule has 0 amide bonds. The first kappa shape index (κ1) is 9.27. The van der Waals surface area contributed by atoms with Crippen molar-refractivity contribution in [3.63, 3.8) is 0 Å². The lowest BCUT2D eigenvalue weighted by Gasteiger charge is -1.94. The molecular formula is C10H12N2OS. The van der Waals surface area contributed by atoms with E-state index in [4.69, 9.17) is 10.2 Å². The van der Waals surface area contributed by atoms with Gasteiger partial charge in [0.05, 0.1) is 5.69 Å². The lowest BCUT2D eigenvalue weighted by atomic mass is 10.2. The van der Waals surface area contributed by atoms with Gasteiger partial charge >= 0.3 is 0 Å². The maximum absolute atomic E-state index is 5.45. The SMILES string of the molecule is Cc1oc(N)nc1CCc1cccs1. The number of oxazole rings is 1. The maximum Gasteiger partial charge on any atom is 0.292 e. The minimum Gasteiger partial charge on any atom is -0.429 e. The third-order valence-corrected chi connectivity index (χ3v) is 3.03. The summed E-state index contributed by atoms with van der Waals surface area (Å²) in [6, 6.07) is 4.46. The number of nitrogen functional groups attached to an aromatic ring is 1. The van der Waals surface area contributed by atoms with Crippen molar-refractivity contribution in [1.82, 2.24) is 4.98 Å². The predicted molar refractivity (Wildman–Crippen MR) is 57.4 cm³/mol. The average Bonchev–Trinajstić information content (AvgIpc) is 2.72. The molecule has 4 heteroatoms. The molecular weight excluding hydrogens is 196 g/mol. The molecule has 74 valence electrons. The smallest absolute Gasteiger partial charge is 0.292 e. The van der Waals surface area contributed by atoms with Gasteiger partial charge in [0.1, 0.15) is 5.76 Å². The molecule has 0 atom stereocenters. The Hall–Kier alpha value is -1.29. The van der Waals surface area contributed by atoms with Crippen molar-refractivity contribution in [2.45, 2.75) is 19.8 Å². The van der Waals surface area contributed by atoms with Gasteiger partial charge in [-0.2, -0.15) is 4.98 Å². The molecule has 3 nitrogen and oxygen atoms in total. The molecule has 0 aliphatic heterocycles. The third-order valence-electron chi connectivity index (χ3n) is 2.10. The predicted octanol–water partition coefficient (Wildman–Crippen LogP) is 2.41. The number of thiophene rings is 1. The normalized spacial score (nSPS) is 10.6. The van der Waals surface area contributed by atoms with Crippen LogP contribution in [0.2, 0.25) is 0 Å². The highest BCUT2D eigenvalue weighted by Crippen LogP contribution is 2.16. The molecule has 2 N–H and O–H groups in total. The van der Waals surface area contributed by atoms with Crippen LogP contribution in [-0.2, 0) is 12.8 Å². The van der Waals surface area contributed by atoms with Gasteiger partial charge in [-0.3, -0.25) is 0 Å². The number of rotatable bonds is 3. The van der Waals surface area contributed by atoms with E-state index in [1.54, 1.807) is 11.3 Å². The summed E-state index contributed by atoms with van der Waals surface area (Å²) < 4.78 is 5.15. The minimum absolute atomic E-state index is 0.267. The van der Waals surface area contributed by atoms with Crippen LogP contribution in [0, 0.1) is 6.92 Å². The summed E-state index contributed by atoms with van der Waals surface area (Å²) in [4.78, 5) is 5.49. The number of hydrogen-bond donors (Lipinski definition) is 1. The molecule has 0 unspecified atom stereocenters. The molecule has 0 spiro atoms. The number of aromatic nitrogens is 1. The number of aryl methyl sites for hydroxylation is 3. The number of nitrogens with zero attached hydrogens (tertiary/aromatic N) is 1. The fraction of sp³-hybridized carbons (Fsp3) is 0.300. The first-order valence-electron chi connectivity index (χ1n) is 4.50. The van der Waals surface area contributed by atoms with Crippen LogP contribution >= 0.6 is 11.3 Å². The van der Waals surface area contributed by atoms with Crippen molar-refractivity contribution in [3.05, 3.63) is 33.8 Å². The van der Waals surface area contributed by atoms with Gasteiger partial charge in [0.15, 0.2) is 0 Å². The number of nitrogens with two attached hydrogens (primary N) is 1. The van der Waals surface area contributed by atoms with E-state index in [0.29, 0.717) is 0 Å². The Balaban J connectivity index is 2.01. The van der Waals surface area contributed by atoms with Gasteiger partial charge < -0.3 is 10.2 Å². The van der Waals surface area contributed by atoms with Crippen molar-refractivity contribution < 1.29 is 4.42 Å². The van der Waals surface area contributed by atoms with Crippen LogP contribution in [0.1, 0.15) is 16.3 Å². The molecule has 14 heavy (non-hydrogen) atoms. The van der Waals surface area contributed by atoms with Gasteiger partial charge in [0, 0.05) is 4.88 Å². The fourth-order valence-corrected chi connectivity index (χ4v) is 2.09. The van der Waals surface area contributed by atoms with E-state index in [9.17, 15) is 0 Å². The van der Waals surface area contributed by atoms with Gasteiger partial charge in [0.25, 0.3) is 6.01 Å². The van der Waals surface area contributed by atoms with E-state index in [2.05, 4.69) is 22.5 Å². The maximum atomic E-state index is 5.45. The molecule has 2 heterocycles. The van der Waals surface area contributed by atoms with Crippen molar-refractivity contribution in [2.75, 3.05) is 5.73 Å². The second-order valence-electron chi connectivity index (χ2n) is 3.13. The Bertz CT molecular complexity index is 406. The van der Waals surface area contributed by atoms with Crippen molar-refractivity contribution in [1.29, 1.82) is 0 Å². The molecule has 0 saturated heterocycles. The Morgan fingerprint density at radius 1 is 1.50 bits per heavy atom. The van der Waals surface area contributed by atoms with Crippen LogP contribution in [0.15, 0.2) is 21.9 Å². The van der Waals surface area contributed by atoms with Gasteiger partial charge in [-0.25, -0.2) is 0 Å². The fourth-order valence-electron chi connectivity index (χ4n) is 1.38. The number of hydrogen-bond acceptors (Lipinski definition) is 4. The molecule has 0 aromatic carbocycles. The lowest BCUT2D eigenvalue weighted by Crippen LogP contribution is -1.92. The molecule has 2 aromatic heterocycles. The summed E-state index contributed by atoms with van der Waals surface area (Å²) in [5, 5.41) is 2.08. The van der Waals surface area contributed by atoms with Crippen molar-refractivity contribution in [2.24, 2.45) is 0 Å². The monoisotopic (exact) mass is 208 g/mol. The van der Waals surface area contributed by atoms with E-state index in [-0.39, 0.29) is 6.01 Å². The Kier molecular flexibility index (Phi) is 2.54. The summed E-state index contributed by atoms with van der Waals surface area (Å²) in [6.07, 6.45) is 1.90. The van der Waals surface area contributed by atoms with Crippen LogP contribution in [0.25, 0.3) is 0 Å². The van der Waals surface area contributed by atoms with Gasteiger partial charge in [-0.15, -0.1) is 11.3 Å². The Morgan fingerprint density at radius 2 is 2.36 bits per heavy atom. The van der Waals surface area contributed by atoms with Crippen molar-refractivity contribution in [3.8, 4) is 0 Å². The van der Waals surface area contributed by atoms with Crippen LogP contribution in [0.4, 0.5) is 6.01 Å². The zero-order valence-electron chi connectivity index (χ0n) is 7.99. The highest BCUT2D eigenvalue weighted by Gasteiger charge is 2.06. The molecule has 0 fully saturated rings. The summed E-state index contributed by atoms with van der Waals surface area (Å²) in [7, 11) is 0. The zero-order chi connectivity index (χ0) is 9.97. The molecule has 2 aromatic rings. The van der Waals surface area contributed by atoms with E-state index >= 15 is 0 Å². The molecule has 2 rings (SSSR count). The topological polar surface area (TPSA) is 52.0 Å². The average molecular weight is 208 g/mol. The highest BCUT2D eigenvalue weighted by atomic mass is 32.1. The first-order chi connectivity index (χ1) is 6.75. The van der Waals surface area contributed by atoms with Crippen LogP contribution < -0.4 is 5.73 Å². The number of anilines is 1. The molecule has 0 bridgehead atoms. The highest BCUT2D eigenvalue weighted by molar-refractivity contribution is 7.09. The van der Waals surface area contributed by atoms with Gasteiger partial charge in [-0.05, 0) is 31.2 Å². The zero-order valence-corrected chi connectivity index (χ0v) is 8.80. The van der Waals surface area contributed by atoms with Crippen LogP contribution in [0.5, 0.6) is 0 Å². The van der Waals surface area contributed by atoms with E-state index in [1.807, 2.05) is 6.92 Å². The Morgan fingerprint density at radius 3 is 2.93 bits per heavy atom. The van der Waals surface area contributed by atoms with E-state index in [1.165, 1.54) is 4.88 Å². The largest absolute Gasteiger partial charge is 0.429 e. The second-order valence-corrected chi connectivity index (χ2v) is 4.17. The van der Waals surface area contributed by atoms with Crippen LogP contribution in [-0.4, -0.2) is 4.98 Å². The third kappa shape index (κ3) is 1.96. The summed E-state index contributed by atoms with van der Waals surface area (Å²) >= 11 is 1.77. The van der Waals surface area contributed by atoms with Gasteiger partial charge in [-0.1, -0.05) is 6.07 Å². The second kappa shape index (κ2) is 3.84.